The molecule has 0 spiro atoms. The topological polar surface area (TPSA) is 27.7 Å². The van der Waals surface area contributed by atoms with E-state index in [0.29, 0.717) is 61.0 Å². The van der Waals surface area contributed by atoms with E-state index in [1.165, 1.54) is 43.9 Å². The van der Waals surface area contributed by atoms with Crippen molar-refractivity contribution in [2.75, 3.05) is 13.2 Å². The Hall–Kier alpha value is -2.12. The third-order valence-electron chi connectivity index (χ3n) is 9.39. The summed E-state index contributed by atoms with van der Waals surface area (Å²) < 4.78 is 76.4. The van der Waals surface area contributed by atoms with Gasteiger partial charge in [0.15, 0.2) is 6.29 Å². The van der Waals surface area contributed by atoms with Gasteiger partial charge in [0.2, 0.25) is 0 Å². The molecule has 7 heteroatoms. The summed E-state index contributed by atoms with van der Waals surface area (Å²) in [7, 11) is 0. The fourth-order valence-corrected chi connectivity index (χ4v) is 6.81. The molecule has 3 nitrogen and oxygen atoms in total. The number of hydrogen-bond donors (Lipinski definition) is 0. The Kier molecular flexibility index (Phi) is 9.41. The Morgan fingerprint density at radius 2 is 1.52 bits per heavy atom. The van der Waals surface area contributed by atoms with E-state index in [-0.39, 0.29) is 30.3 Å². The number of ether oxygens (including phenoxy) is 3. The molecule has 0 atom stereocenters. The summed E-state index contributed by atoms with van der Waals surface area (Å²) in [5, 5.41) is 0. The molecule has 40 heavy (non-hydrogen) atoms. The highest BCUT2D eigenvalue weighted by Gasteiger charge is 2.44. The highest BCUT2D eigenvalue weighted by molar-refractivity contribution is 5.30. The summed E-state index contributed by atoms with van der Waals surface area (Å²) in [6, 6.07) is 9.02. The van der Waals surface area contributed by atoms with Gasteiger partial charge >= 0.3 is 6.11 Å². The van der Waals surface area contributed by atoms with E-state index in [1.54, 1.807) is 6.07 Å². The summed E-state index contributed by atoms with van der Waals surface area (Å²) in [5.74, 6) is -0.358. The molecule has 2 aromatic rings. The van der Waals surface area contributed by atoms with Crippen molar-refractivity contribution >= 4 is 0 Å². The van der Waals surface area contributed by atoms with Gasteiger partial charge in [-0.1, -0.05) is 51.3 Å². The van der Waals surface area contributed by atoms with Gasteiger partial charge in [-0.3, -0.25) is 0 Å². The molecular formula is C33H42F4O3. The average Bonchev–Trinajstić information content (AvgIpc) is 2.95. The first-order chi connectivity index (χ1) is 19.2. The van der Waals surface area contributed by atoms with Crippen molar-refractivity contribution in [3.05, 3.63) is 64.7 Å². The Morgan fingerprint density at radius 3 is 2.15 bits per heavy atom. The van der Waals surface area contributed by atoms with Crippen LogP contribution in [0.4, 0.5) is 17.6 Å². The van der Waals surface area contributed by atoms with Crippen LogP contribution in [0.1, 0.15) is 101 Å². The zero-order valence-corrected chi connectivity index (χ0v) is 23.7. The molecule has 0 radical (unpaired) electrons. The Bertz CT molecular complexity index is 1110. The quantitative estimate of drug-likeness (QED) is 0.300. The van der Waals surface area contributed by atoms with Crippen LogP contribution in [0.3, 0.4) is 0 Å². The maximum absolute atomic E-state index is 15.2. The predicted molar refractivity (Wildman–Crippen MR) is 146 cm³/mol. The van der Waals surface area contributed by atoms with Crippen molar-refractivity contribution in [2.24, 2.45) is 23.7 Å². The summed E-state index contributed by atoms with van der Waals surface area (Å²) in [4.78, 5) is 0. The van der Waals surface area contributed by atoms with Gasteiger partial charge in [-0.15, -0.1) is 0 Å². The van der Waals surface area contributed by atoms with E-state index in [9.17, 15) is 13.2 Å². The van der Waals surface area contributed by atoms with Crippen LogP contribution in [0.15, 0.2) is 36.4 Å². The monoisotopic (exact) mass is 562 g/mol. The molecule has 1 heterocycles. The lowest BCUT2D eigenvalue weighted by Crippen LogP contribution is -2.37. The highest BCUT2D eigenvalue weighted by atomic mass is 19.3. The largest absolute Gasteiger partial charge is 0.432 e. The first-order valence-corrected chi connectivity index (χ1v) is 15.1. The molecule has 0 amide bonds. The first kappa shape index (κ1) is 29.4. The minimum absolute atomic E-state index is 0.141. The fraction of sp³-hybridized carbons (Fsp3) is 0.636. The Labute approximate surface area is 235 Å². The lowest BCUT2D eigenvalue weighted by atomic mass is 9.76. The van der Waals surface area contributed by atoms with Crippen molar-refractivity contribution < 1.29 is 31.8 Å². The molecule has 2 aromatic carbocycles. The minimum atomic E-state index is -3.42. The minimum Gasteiger partial charge on any atom is -0.432 e. The summed E-state index contributed by atoms with van der Waals surface area (Å²) in [6.45, 7) is 5.50. The number of alkyl halides is 2. The normalized spacial score (nSPS) is 29.8. The maximum atomic E-state index is 15.2. The van der Waals surface area contributed by atoms with Crippen molar-refractivity contribution in [3.8, 4) is 5.75 Å². The summed E-state index contributed by atoms with van der Waals surface area (Å²) in [5.41, 5.74) is 1.69. The smallest absolute Gasteiger partial charge is 0.400 e. The third-order valence-corrected chi connectivity index (χ3v) is 9.39. The molecule has 5 rings (SSSR count). The molecule has 0 aromatic heterocycles. The van der Waals surface area contributed by atoms with Gasteiger partial charge in [0.05, 0.1) is 19.1 Å². The van der Waals surface area contributed by atoms with E-state index < -0.39 is 24.1 Å². The van der Waals surface area contributed by atoms with Crippen LogP contribution in [0, 0.1) is 35.3 Å². The van der Waals surface area contributed by atoms with Crippen LogP contribution in [-0.2, 0) is 15.9 Å². The number of rotatable bonds is 8. The molecule has 0 N–H and O–H groups in total. The zero-order chi connectivity index (χ0) is 28.3. The van der Waals surface area contributed by atoms with Gasteiger partial charge in [-0.2, -0.15) is 8.78 Å². The van der Waals surface area contributed by atoms with E-state index in [0.717, 1.165) is 18.4 Å². The first-order valence-electron chi connectivity index (χ1n) is 15.1. The SMILES string of the molecule is CCCc1ccc(OC(F)(F)C2CCC(c3ccc(C4OCC(C5CCC(C)CC5)CO4)cc3F)CC2)cc1F. The van der Waals surface area contributed by atoms with Crippen LogP contribution in [-0.4, -0.2) is 19.3 Å². The number of aryl methyl sites for hydroxylation is 1. The summed E-state index contributed by atoms with van der Waals surface area (Å²) >= 11 is 0. The van der Waals surface area contributed by atoms with Crippen LogP contribution in [0.2, 0.25) is 0 Å². The van der Waals surface area contributed by atoms with Crippen molar-refractivity contribution in [1.82, 2.24) is 0 Å². The van der Waals surface area contributed by atoms with Gasteiger partial charge in [0, 0.05) is 17.5 Å². The van der Waals surface area contributed by atoms with Gasteiger partial charge in [-0.25, -0.2) is 8.78 Å². The lowest BCUT2D eigenvalue weighted by Gasteiger charge is -2.37. The molecule has 1 aliphatic heterocycles. The second-order valence-corrected chi connectivity index (χ2v) is 12.3. The van der Waals surface area contributed by atoms with E-state index in [2.05, 4.69) is 6.92 Å². The second kappa shape index (κ2) is 12.8. The Morgan fingerprint density at radius 1 is 0.825 bits per heavy atom. The van der Waals surface area contributed by atoms with Gasteiger partial charge < -0.3 is 14.2 Å². The molecule has 3 fully saturated rings. The van der Waals surface area contributed by atoms with E-state index in [1.807, 2.05) is 13.0 Å². The second-order valence-electron chi connectivity index (χ2n) is 12.3. The Balaban J connectivity index is 1.13. The molecular weight excluding hydrogens is 520 g/mol. The molecule has 2 saturated carbocycles. The van der Waals surface area contributed by atoms with Gasteiger partial charge in [-0.05, 0) is 86.0 Å². The molecule has 2 aliphatic carbocycles. The van der Waals surface area contributed by atoms with E-state index in [4.69, 9.17) is 14.2 Å². The number of benzene rings is 2. The van der Waals surface area contributed by atoms with Crippen molar-refractivity contribution in [1.29, 1.82) is 0 Å². The van der Waals surface area contributed by atoms with Crippen LogP contribution in [0.5, 0.6) is 5.75 Å². The van der Waals surface area contributed by atoms with Crippen LogP contribution >= 0.6 is 0 Å². The average molecular weight is 563 g/mol. The molecule has 220 valence electrons. The standard InChI is InChI=1S/C33H42F4O3/c1-3-4-24-11-15-28(18-30(24)34)40-33(36,37)27-13-9-23(10-14-27)29-16-12-25(17-31(29)35)32-38-19-26(20-39-32)22-7-5-21(2)6-8-22/h11-12,15-18,21-23,26-27,32H,3-10,13-14,19-20H2,1-2H3. The molecule has 0 unspecified atom stereocenters. The number of halogens is 4. The maximum Gasteiger partial charge on any atom is 0.400 e. The molecule has 3 aliphatic rings. The molecule has 1 saturated heterocycles. The fourth-order valence-electron chi connectivity index (χ4n) is 6.81. The summed E-state index contributed by atoms with van der Waals surface area (Å²) in [6.07, 6.45) is 3.54. The van der Waals surface area contributed by atoms with Crippen molar-refractivity contribution in [3.63, 3.8) is 0 Å². The van der Waals surface area contributed by atoms with Crippen molar-refractivity contribution in [2.45, 2.75) is 96.4 Å². The highest BCUT2D eigenvalue weighted by Crippen LogP contribution is 2.44. The number of hydrogen-bond acceptors (Lipinski definition) is 3. The van der Waals surface area contributed by atoms with E-state index >= 15 is 4.39 Å². The van der Waals surface area contributed by atoms with Gasteiger partial charge in [0.1, 0.15) is 17.4 Å². The lowest BCUT2D eigenvalue weighted by molar-refractivity contribution is -0.222. The third kappa shape index (κ3) is 6.84. The van der Waals surface area contributed by atoms with Crippen LogP contribution in [0.25, 0.3) is 0 Å². The molecule has 0 bridgehead atoms. The zero-order valence-electron chi connectivity index (χ0n) is 23.7. The predicted octanol–water partition coefficient (Wildman–Crippen LogP) is 9.35. The van der Waals surface area contributed by atoms with Crippen LogP contribution < -0.4 is 4.74 Å². The van der Waals surface area contributed by atoms with Gasteiger partial charge in [0.25, 0.3) is 0 Å².